The van der Waals surface area contributed by atoms with Crippen LogP contribution in [-0.2, 0) is 4.79 Å². The molecule has 3 heterocycles. The lowest BCUT2D eigenvalue weighted by atomic mass is 9.83. The number of nitriles is 1. The van der Waals surface area contributed by atoms with E-state index in [1.54, 1.807) is 12.1 Å². The lowest BCUT2D eigenvalue weighted by Crippen LogP contribution is -2.59. The van der Waals surface area contributed by atoms with E-state index in [-0.39, 0.29) is 12.0 Å². The number of likely N-dealkylation sites (tertiary alicyclic amines) is 1. The predicted molar refractivity (Wildman–Crippen MR) is 112 cm³/mol. The summed E-state index contributed by atoms with van der Waals surface area (Å²) >= 11 is 0. The van der Waals surface area contributed by atoms with Crippen molar-refractivity contribution in [3.8, 4) is 6.07 Å². The van der Waals surface area contributed by atoms with Gasteiger partial charge in [0.05, 0.1) is 34.5 Å². The quantitative estimate of drug-likeness (QED) is 0.662. The predicted octanol–water partition coefficient (Wildman–Crippen LogP) is 3.15. The number of hydrogen-bond acceptors (Lipinski definition) is 5. The molecule has 3 fully saturated rings. The molecular formula is C23H22F5N5O. The summed E-state index contributed by atoms with van der Waals surface area (Å²) in [6, 6.07) is 5.59. The van der Waals surface area contributed by atoms with E-state index in [0.717, 1.165) is 0 Å². The fraction of sp³-hybridized carbons (Fsp3) is 0.522. The van der Waals surface area contributed by atoms with Gasteiger partial charge in [-0.3, -0.25) is 9.78 Å². The maximum Gasteiger partial charge on any atom is 0.396 e. The van der Waals surface area contributed by atoms with E-state index in [2.05, 4.69) is 15.6 Å². The summed E-state index contributed by atoms with van der Waals surface area (Å²) in [6.45, 7) is -0.783. The zero-order valence-corrected chi connectivity index (χ0v) is 18.2. The average molecular weight is 479 g/mol. The van der Waals surface area contributed by atoms with Crippen LogP contribution in [0.3, 0.4) is 0 Å². The smallest absolute Gasteiger partial charge is 0.347 e. The Hall–Kier alpha value is -2.84. The summed E-state index contributed by atoms with van der Waals surface area (Å²) in [5, 5.41) is 15.0. The number of nitrogens with zero attached hydrogens (tertiary/aromatic N) is 3. The molecule has 0 bridgehead atoms. The topological polar surface area (TPSA) is 81.0 Å². The molecule has 4 unspecified atom stereocenters. The average Bonchev–Trinajstić information content (AvgIpc) is 3.37. The first-order chi connectivity index (χ1) is 16.0. The Labute approximate surface area is 192 Å². The molecule has 5 rings (SSSR count). The first-order valence-corrected chi connectivity index (χ1v) is 10.9. The van der Waals surface area contributed by atoms with Gasteiger partial charge in [0.2, 0.25) is 5.91 Å². The van der Waals surface area contributed by atoms with Gasteiger partial charge in [-0.05, 0) is 37.6 Å². The highest BCUT2D eigenvalue weighted by Crippen LogP contribution is 2.78. The number of piperidine rings is 2. The fourth-order valence-electron chi connectivity index (χ4n) is 5.85. The Bertz CT molecular complexity index is 1210. The normalized spacial score (nSPS) is 32.7. The van der Waals surface area contributed by atoms with Gasteiger partial charge in [0, 0.05) is 30.7 Å². The van der Waals surface area contributed by atoms with Crippen LogP contribution < -0.4 is 10.6 Å². The Morgan fingerprint density at radius 3 is 2.74 bits per heavy atom. The Kier molecular flexibility index (Phi) is 4.94. The van der Waals surface area contributed by atoms with Gasteiger partial charge in [0.1, 0.15) is 6.07 Å². The Balaban J connectivity index is 1.57. The van der Waals surface area contributed by atoms with Crippen molar-refractivity contribution in [3.05, 3.63) is 41.6 Å². The number of benzene rings is 1. The standard InChI is InChI=1S/C23H22F5N5O/c1-33-8-6-16(22(24,25)12-33)32-19(34)21-10-20(21,23(26,27)28)11-31-18(21)15-5-4-13(9-29)17-14(15)3-2-7-30-17/h2-5,7,16,18,31H,6,8,10-12H2,1H3,(H,32,34). The molecule has 1 amide bonds. The van der Waals surface area contributed by atoms with Gasteiger partial charge in [-0.1, -0.05) is 12.1 Å². The van der Waals surface area contributed by atoms with Crippen molar-refractivity contribution < 1.29 is 26.7 Å². The molecule has 3 aliphatic rings. The van der Waals surface area contributed by atoms with Crippen molar-refractivity contribution in [2.24, 2.45) is 10.8 Å². The molecule has 2 N–H and O–H groups in total. The lowest BCUT2D eigenvalue weighted by molar-refractivity contribution is -0.193. The van der Waals surface area contributed by atoms with E-state index in [9.17, 15) is 32.0 Å². The molecule has 2 aliphatic heterocycles. The maximum absolute atomic E-state index is 14.6. The van der Waals surface area contributed by atoms with E-state index in [4.69, 9.17) is 0 Å². The van der Waals surface area contributed by atoms with Gasteiger partial charge in [0.25, 0.3) is 5.92 Å². The van der Waals surface area contributed by atoms with Crippen molar-refractivity contribution in [3.63, 3.8) is 0 Å². The SMILES string of the molecule is CN1CCC(NC(=O)C23CC2(C(F)(F)F)CNC3c2ccc(C#N)c3ncccc23)C(F)(F)C1. The number of fused-ring (bicyclic) bond motifs is 2. The lowest BCUT2D eigenvalue weighted by Gasteiger charge is -2.38. The highest BCUT2D eigenvalue weighted by Gasteiger charge is 2.88. The summed E-state index contributed by atoms with van der Waals surface area (Å²) in [6.07, 6.45) is -3.79. The largest absolute Gasteiger partial charge is 0.396 e. The van der Waals surface area contributed by atoms with Crippen molar-refractivity contribution >= 4 is 16.8 Å². The number of rotatable bonds is 3. The third-order valence-corrected chi connectivity index (χ3v) is 7.69. The number of carbonyl (C=O) groups is 1. The van der Waals surface area contributed by atoms with Crippen LogP contribution in [-0.4, -0.2) is 60.6 Å². The van der Waals surface area contributed by atoms with Gasteiger partial charge in [0.15, 0.2) is 0 Å². The molecule has 0 radical (unpaired) electrons. The first kappa shape index (κ1) is 22.9. The van der Waals surface area contributed by atoms with Gasteiger partial charge in [-0.25, -0.2) is 8.78 Å². The van der Waals surface area contributed by atoms with Crippen LogP contribution in [0, 0.1) is 22.2 Å². The molecule has 1 saturated carbocycles. The molecule has 0 spiro atoms. The van der Waals surface area contributed by atoms with Crippen LogP contribution in [0.4, 0.5) is 22.0 Å². The summed E-state index contributed by atoms with van der Waals surface area (Å²) in [7, 11) is 1.53. The molecule has 6 nitrogen and oxygen atoms in total. The Morgan fingerprint density at radius 2 is 2.09 bits per heavy atom. The molecule has 11 heteroatoms. The number of carbonyl (C=O) groups excluding carboxylic acids is 1. The molecule has 4 atom stereocenters. The molecule has 2 saturated heterocycles. The van der Waals surface area contributed by atoms with Gasteiger partial charge < -0.3 is 15.5 Å². The van der Waals surface area contributed by atoms with Gasteiger partial charge in [-0.2, -0.15) is 18.4 Å². The first-order valence-electron chi connectivity index (χ1n) is 10.9. The molecular weight excluding hydrogens is 457 g/mol. The second-order valence-electron chi connectivity index (χ2n) is 9.57. The minimum Gasteiger partial charge on any atom is -0.347 e. The molecule has 180 valence electrons. The summed E-state index contributed by atoms with van der Waals surface area (Å²) in [5.74, 6) is -4.28. The summed E-state index contributed by atoms with van der Waals surface area (Å²) < 4.78 is 72.0. The van der Waals surface area contributed by atoms with Crippen molar-refractivity contribution in [2.75, 3.05) is 26.7 Å². The third-order valence-electron chi connectivity index (χ3n) is 7.69. The van der Waals surface area contributed by atoms with Crippen LogP contribution in [0.1, 0.15) is 30.0 Å². The minimum atomic E-state index is -4.71. The van der Waals surface area contributed by atoms with E-state index in [1.165, 1.54) is 30.3 Å². The van der Waals surface area contributed by atoms with Crippen molar-refractivity contribution in [1.82, 2.24) is 20.5 Å². The third kappa shape index (κ3) is 3.04. The highest BCUT2D eigenvalue weighted by molar-refractivity contribution is 5.93. The van der Waals surface area contributed by atoms with Crippen molar-refractivity contribution in [2.45, 2.75) is 37.0 Å². The van der Waals surface area contributed by atoms with E-state index >= 15 is 0 Å². The molecule has 1 aromatic carbocycles. The van der Waals surface area contributed by atoms with E-state index in [0.29, 0.717) is 23.0 Å². The van der Waals surface area contributed by atoms with Crippen molar-refractivity contribution in [1.29, 1.82) is 5.26 Å². The van der Waals surface area contributed by atoms with Crippen LogP contribution in [0.25, 0.3) is 10.9 Å². The number of alkyl halides is 5. The molecule has 2 aromatic rings. The van der Waals surface area contributed by atoms with Crippen LogP contribution >= 0.6 is 0 Å². The Morgan fingerprint density at radius 1 is 1.32 bits per heavy atom. The van der Waals surface area contributed by atoms with Crippen LogP contribution in [0.15, 0.2) is 30.5 Å². The number of nitrogens with one attached hydrogen (secondary N) is 2. The van der Waals surface area contributed by atoms with Crippen LogP contribution in [0.5, 0.6) is 0 Å². The fourth-order valence-corrected chi connectivity index (χ4v) is 5.85. The van der Waals surface area contributed by atoms with Gasteiger partial charge >= 0.3 is 6.18 Å². The number of pyridine rings is 1. The zero-order valence-electron chi connectivity index (χ0n) is 18.2. The molecule has 1 aromatic heterocycles. The number of amides is 1. The second kappa shape index (κ2) is 7.33. The van der Waals surface area contributed by atoms with Gasteiger partial charge in [-0.15, -0.1) is 0 Å². The molecule has 34 heavy (non-hydrogen) atoms. The molecule has 1 aliphatic carbocycles. The highest BCUT2D eigenvalue weighted by atomic mass is 19.4. The minimum absolute atomic E-state index is 0.0633. The number of hydrogen-bond donors (Lipinski definition) is 2. The second-order valence-corrected chi connectivity index (χ2v) is 9.57. The summed E-state index contributed by atoms with van der Waals surface area (Å²) in [4.78, 5) is 19.1. The summed E-state index contributed by atoms with van der Waals surface area (Å²) in [5.41, 5.74) is -3.37. The maximum atomic E-state index is 14.6. The van der Waals surface area contributed by atoms with E-state index in [1.807, 2.05) is 6.07 Å². The van der Waals surface area contributed by atoms with E-state index < -0.39 is 60.4 Å². The monoisotopic (exact) mass is 479 g/mol. The zero-order chi connectivity index (χ0) is 24.5. The number of aromatic nitrogens is 1. The van der Waals surface area contributed by atoms with Crippen LogP contribution in [0.2, 0.25) is 0 Å². The number of halogens is 5.